The van der Waals surface area contributed by atoms with E-state index in [1.807, 2.05) is 0 Å². The number of rotatable bonds is 10. The quantitative estimate of drug-likeness (QED) is 0.402. The van der Waals surface area contributed by atoms with Crippen LogP contribution in [0.25, 0.3) is 0 Å². The number of unbranched alkanes of at least 4 members (excludes halogenated alkanes) is 4. The molecule has 0 aliphatic carbocycles. The van der Waals surface area contributed by atoms with Crippen molar-refractivity contribution in [2.24, 2.45) is 0 Å². The van der Waals surface area contributed by atoms with Crippen molar-refractivity contribution in [1.29, 1.82) is 0 Å². The van der Waals surface area contributed by atoms with Crippen molar-refractivity contribution in [3.63, 3.8) is 0 Å². The second kappa shape index (κ2) is 10.2. The molecular formula is C17H28B. The Labute approximate surface area is 114 Å². The van der Waals surface area contributed by atoms with Crippen molar-refractivity contribution in [3.05, 3.63) is 30.3 Å². The molecule has 1 aromatic rings. The van der Waals surface area contributed by atoms with Gasteiger partial charge in [-0.3, -0.25) is 0 Å². The van der Waals surface area contributed by atoms with Crippen LogP contribution in [0.15, 0.2) is 30.3 Å². The molecule has 18 heavy (non-hydrogen) atoms. The van der Waals surface area contributed by atoms with Gasteiger partial charge in [-0.05, 0) is 0 Å². The third kappa shape index (κ3) is 6.88. The number of hydrogen-bond donors (Lipinski definition) is 0. The van der Waals surface area contributed by atoms with Gasteiger partial charge in [-0.1, -0.05) is 107 Å². The lowest BCUT2D eigenvalue weighted by atomic mass is 9.56. The molecule has 0 unspecified atom stereocenters. The summed E-state index contributed by atoms with van der Waals surface area (Å²) in [7, 11) is 2.49. The minimum Gasteiger partial charge on any atom is -0.0875 e. The number of hydrogen-bond acceptors (Lipinski definition) is 0. The van der Waals surface area contributed by atoms with Crippen LogP contribution in [0.4, 0.5) is 0 Å². The SMILES string of the molecule is CCCCCC([B]c1ccccc1)CCCCC. The summed E-state index contributed by atoms with van der Waals surface area (Å²) in [5, 5.41) is 0. The lowest BCUT2D eigenvalue weighted by molar-refractivity contribution is 0.569. The van der Waals surface area contributed by atoms with Gasteiger partial charge in [0.05, 0.1) is 0 Å². The Bertz CT molecular complexity index is 271. The highest BCUT2D eigenvalue weighted by Gasteiger charge is 2.10. The summed E-state index contributed by atoms with van der Waals surface area (Å²) in [4.78, 5) is 0. The first-order valence-corrected chi connectivity index (χ1v) is 7.76. The highest BCUT2D eigenvalue weighted by Crippen LogP contribution is 2.21. The topological polar surface area (TPSA) is 0 Å². The fraction of sp³-hybridized carbons (Fsp3) is 0.647. The molecule has 0 amide bonds. The molecule has 0 N–H and O–H groups in total. The van der Waals surface area contributed by atoms with E-state index in [0.717, 1.165) is 5.82 Å². The average Bonchev–Trinajstić information content (AvgIpc) is 2.40. The Balaban J connectivity index is 2.37. The van der Waals surface area contributed by atoms with Crippen LogP contribution in [0.5, 0.6) is 0 Å². The minimum absolute atomic E-state index is 0.783. The zero-order valence-corrected chi connectivity index (χ0v) is 12.2. The summed E-state index contributed by atoms with van der Waals surface area (Å²) in [6.07, 6.45) is 10.9. The maximum Gasteiger partial charge on any atom is 0.154 e. The van der Waals surface area contributed by atoms with Crippen LogP contribution in [0.1, 0.15) is 65.2 Å². The van der Waals surface area contributed by atoms with Crippen molar-refractivity contribution in [2.75, 3.05) is 0 Å². The summed E-state index contributed by atoms with van der Waals surface area (Å²) < 4.78 is 0. The van der Waals surface area contributed by atoms with Crippen LogP contribution < -0.4 is 5.46 Å². The fourth-order valence-corrected chi connectivity index (χ4v) is 2.46. The van der Waals surface area contributed by atoms with Crippen LogP contribution in [0.3, 0.4) is 0 Å². The summed E-state index contributed by atoms with van der Waals surface area (Å²) in [6.45, 7) is 4.57. The Hall–Kier alpha value is -0.715. The van der Waals surface area contributed by atoms with E-state index in [4.69, 9.17) is 0 Å². The first kappa shape index (κ1) is 15.3. The summed E-state index contributed by atoms with van der Waals surface area (Å²) in [6, 6.07) is 10.8. The zero-order chi connectivity index (χ0) is 13.1. The van der Waals surface area contributed by atoms with Gasteiger partial charge in [0.2, 0.25) is 0 Å². The largest absolute Gasteiger partial charge is 0.154 e. The van der Waals surface area contributed by atoms with E-state index < -0.39 is 0 Å². The van der Waals surface area contributed by atoms with E-state index in [1.54, 1.807) is 0 Å². The first-order valence-electron chi connectivity index (χ1n) is 7.76. The fourth-order valence-electron chi connectivity index (χ4n) is 2.46. The molecule has 0 heterocycles. The third-order valence-electron chi connectivity index (χ3n) is 3.58. The molecule has 0 aromatic heterocycles. The van der Waals surface area contributed by atoms with Crippen LogP contribution in [-0.2, 0) is 0 Å². The van der Waals surface area contributed by atoms with Gasteiger partial charge in [0.25, 0.3) is 0 Å². The second-order valence-electron chi connectivity index (χ2n) is 5.33. The van der Waals surface area contributed by atoms with Crippen molar-refractivity contribution >= 4 is 12.7 Å². The maximum absolute atomic E-state index is 2.49. The normalized spacial score (nSPS) is 10.8. The Morgan fingerprint density at radius 3 is 1.89 bits per heavy atom. The van der Waals surface area contributed by atoms with Crippen LogP contribution in [0, 0.1) is 0 Å². The lowest BCUT2D eigenvalue weighted by Gasteiger charge is -2.15. The van der Waals surface area contributed by atoms with Gasteiger partial charge in [0, 0.05) is 0 Å². The molecule has 0 atom stereocenters. The average molecular weight is 243 g/mol. The van der Waals surface area contributed by atoms with Crippen LogP contribution >= 0.6 is 0 Å². The van der Waals surface area contributed by atoms with Gasteiger partial charge in [-0.25, -0.2) is 0 Å². The van der Waals surface area contributed by atoms with Gasteiger partial charge in [0.1, 0.15) is 0 Å². The zero-order valence-electron chi connectivity index (χ0n) is 12.2. The summed E-state index contributed by atoms with van der Waals surface area (Å²) >= 11 is 0. The molecule has 0 saturated carbocycles. The molecule has 0 nitrogen and oxygen atoms in total. The van der Waals surface area contributed by atoms with Gasteiger partial charge in [-0.2, -0.15) is 0 Å². The summed E-state index contributed by atoms with van der Waals surface area (Å²) in [5.74, 6) is 0.783. The molecule has 0 aliphatic heterocycles. The Kier molecular flexibility index (Phi) is 8.72. The lowest BCUT2D eigenvalue weighted by Crippen LogP contribution is -2.19. The van der Waals surface area contributed by atoms with E-state index in [-0.39, 0.29) is 0 Å². The van der Waals surface area contributed by atoms with Crippen molar-refractivity contribution in [3.8, 4) is 0 Å². The predicted octanol–water partition coefficient (Wildman–Crippen LogP) is 4.97. The van der Waals surface area contributed by atoms with Gasteiger partial charge in [0.15, 0.2) is 7.28 Å². The van der Waals surface area contributed by atoms with Gasteiger partial charge < -0.3 is 0 Å². The van der Waals surface area contributed by atoms with E-state index in [2.05, 4.69) is 51.5 Å². The smallest absolute Gasteiger partial charge is 0.0875 e. The molecule has 1 heteroatoms. The molecule has 0 spiro atoms. The molecule has 0 aliphatic rings. The van der Waals surface area contributed by atoms with Gasteiger partial charge in [-0.15, -0.1) is 0 Å². The molecule has 1 rings (SSSR count). The van der Waals surface area contributed by atoms with Crippen LogP contribution in [0.2, 0.25) is 5.82 Å². The molecule has 1 radical (unpaired) electrons. The standard InChI is InChI=1S/C17H28B/c1-3-5-8-12-16(13-9-6-4-2)18-17-14-10-7-11-15-17/h7,10-11,14-16H,3-6,8-9,12-13H2,1-2H3. The Morgan fingerprint density at radius 1 is 0.833 bits per heavy atom. The molecular weight excluding hydrogens is 215 g/mol. The highest BCUT2D eigenvalue weighted by molar-refractivity contribution is 6.54. The van der Waals surface area contributed by atoms with Crippen LogP contribution in [-0.4, -0.2) is 7.28 Å². The molecule has 0 saturated heterocycles. The molecule has 0 bridgehead atoms. The minimum atomic E-state index is 0.783. The second-order valence-corrected chi connectivity index (χ2v) is 5.33. The highest BCUT2D eigenvalue weighted by atomic mass is 14.0. The van der Waals surface area contributed by atoms with E-state index in [9.17, 15) is 0 Å². The van der Waals surface area contributed by atoms with E-state index in [1.165, 1.54) is 56.8 Å². The molecule has 99 valence electrons. The van der Waals surface area contributed by atoms with Crippen molar-refractivity contribution in [2.45, 2.75) is 71.0 Å². The summed E-state index contributed by atoms with van der Waals surface area (Å²) in [5.41, 5.74) is 1.40. The first-order chi connectivity index (χ1) is 8.86. The molecule has 1 aromatic carbocycles. The molecule has 0 fully saturated rings. The Morgan fingerprint density at radius 2 is 1.39 bits per heavy atom. The maximum atomic E-state index is 2.49. The predicted molar refractivity (Wildman–Crippen MR) is 83.9 cm³/mol. The van der Waals surface area contributed by atoms with Gasteiger partial charge >= 0.3 is 0 Å². The van der Waals surface area contributed by atoms with Crippen molar-refractivity contribution in [1.82, 2.24) is 0 Å². The number of benzene rings is 1. The van der Waals surface area contributed by atoms with Crippen molar-refractivity contribution < 1.29 is 0 Å². The monoisotopic (exact) mass is 243 g/mol. The third-order valence-corrected chi connectivity index (χ3v) is 3.58. The van der Waals surface area contributed by atoms with E-state index in [0.29, 0.717) is 0 Å². The van der Waals surface area contributed by atoms with E-state index >= 15 is 0 Å².